The largest absolute Gasteiger partial charge is 0.327 e. The second-order valence-corrected chi connectivity index (χ2v) is 7.01. The summed E-state index contributed by atoms with van der Waals surface area (Å²) in [7, 11) is 0. The van der Waals surface area contributed by atoms with E-state index in [1.165, 1.54) is 24.0 Å². The van der Waals surface area contributed by atoms with E-state index < -0.39 is 0 Å². The van der Waals surface area contributed by atoms with Crippen LogP contribution in [0.3, 0.4) is 0 Å². The summed E-state index contributed by atoms with van der Waals surface area (Å²) >= 11 is 0. The summed E-state index contributed by atoms with van der Waals surface area (Å²) in [5.74, 6) is 1.32. The van der Waals surface area contributed by atoms with Crippen LogP contribution in [0.5, 0.6) is 0 Å². The van der Waals surface area contributed by atoms with E-state index in [2.05, 4.69) is 43.9 Å². The van der Waals surface area contributed by atoms with Crippen LogP contribution >= 0.6 is 0 Å². The smallest absolute Gasteiger partial charge is 0.0186 e. The lowest BCUT2D eigenvalue weighted by Crippen LogP contribution is -2.52. The molecule has 0 saturated heterocycles. The van der Waals surface area contributed by atoms with E-state index >= 15 is 0 Å². The van der Waals surface area contributed by atoms with Gasteiger partial charge in [-0.05, 0) is 48.3 Å². The first-order chi connectivity index (χ1) is 9.13. The number of aryl methyl sites for hydroxylation is 1. The van der Waals surface area contributed by atoms with Gasteiger partial charge < -0.3 is 5.73 Å². The van der Waals surface area contributed by atoms with Gasteiger partial charge in [0.2, 0.25) is 0 Å². The van der Waals surface area contributed by atoms with Gasteiger partial charge >= 0.3 is 0 Å². The monoisotopic (exact) mass is 249 g/mol. The Kier molecular flexibility index (Phi) is 1.50. The van der Waals surface area contributed by atoms with E-state index in [1.54, 1.807) is 11.1 Å². The average Bonchev–Trinajstić information content (AvgIpc) is 2.72. The van der Waals surface area contributed by atoms with Gasteiger partial charge in [-0.25, -0.2) is 0 Å². The quantitative estimate of drug-likeness (QED) is 0.751. The van der Waals surface area contributed by atoms with Crippen molar-refractivity contribution in [3.8, 4) is 0 Å². The lowest BCUT2D eigenvalue weighted by molar-refractivity contribution is 0.0990. The molecule has 0 aromatic heterocycles. The number of nitrogens with two attached hydrogens (primary N) is 1. The summed E-state index contributed by atoms with van der Waals surface area (Å²) in [6.07, 6.45) is 7.12. The molecule has 0 amide bonds. The Hall–Kier alpha value is -1.34. The maximum Gasteiger partial charge on any atom is 0.0186 e. The molecule has 0 radical (unpaired) electrons. The van der Waals surface area contributed by atoms with Crippen molar-refractivity contribution in [1.29, 1.82) is 0 Å². The molecule has 2 fully saturated rings. The number of hydrogen-bond acceptors (Lipinski definition) is 1. The average molecular weight is 249 g/mol. The number of fused-ring (bicyclic) bond motifs is 1. The van der Waals surface area contributed by atoms with Crippen molar-refractivity contribution < 1.29 is 0 Å². The van der Waals surface area contributed by atoms with Crippen LogP contribution in [0.15, 0.2) is 42.5 Å². The lowest BCUT2D eigenvalue weighted by Gasteiger charge is -2.53. The SMILES string of the molecule is C=C1C=CC23C(N)C2CC32c3c(C)cccc3CC12. The first-order valence-electron chi connectivity index (χ1n) is 7.35. The summed E-state index contributed by atoms with van der Waals surface area (Å²) < 4.78 is 0. The summed E-state index contributed by atoms with van der Waals surface area (Å²) in [6, 6.07) is 7.17. The third-order valence-corrected chi connectivity index (χ3v) is 6.65. The Balaban J connectivity index is 1.84. The summed E-state index contributed by atoms with van der Waals surface area (Å²) in [4.78, 5) is 0. The molecule has 2 N–H and O–H groups in total. The van der Waals surface area contributed by atoms with Crippen molar-refractivity contribution in [1.82, 2.24) is 0 Å². The molecule has 4 aliphatic carbocycles. The molecule has 5 unspecified atom stereocenters. The van der Waals surface area contributed by atoms with Gasteiger partial charge in [-0.15, -0.1) is 0 Å². The number of allylic oxidation sites excluding steroid dienone is 2. The number of rotatable bonds is 0. The molecule has 2 spiro atoms. The van der Waals surface area contributed by atoms with Gasteiger partial charge in [0.05, 0.1) is 0 Å². The van der Waals surface area contributed by atoms with E-state index in [-0.39, 0.29) is 5.41 Å². The van der Waals surface area contributed by atoms with Crippen molar-refractivity contribution in [3.63, 3.8) is 0 Å². The molecule has 4 aliphatic rings. The van der Waals surface area contributed by atoms with Gasteiger partial charge in [-0.2, -0.15) is 0 Å². The number of hydrogen-bond donors (Lipinski definition) is 1. The van der Waals surface area contributed by atoms with Crippen LogP contribution in [0.4, 0.5) is 0 Å². The highest BCUT2D eigenvalue weighted by molar-refractivity contribution is 5.62. The second-order valence-electron chi connectivity index (χ2n) is 7.01. The molecular formula is C18H19N. The molecule has 1 nitrogen and oxygen atoms in total. The zero-order chi connectivity index (χ0) is 13.0. The topological polar surface area (TPSA) is 26.0 Å². The lowest BCUT2D eigenvalue weighted by atomic mass is 9.49. The molecule has 19 heavy (non-hydrogen) atoms. The highest BCUT2D eigenvalue weighted by Gasteiger charge is 2.84. The molecular weight excluding hydrogens is 230 g/mol. The second kappa shape index (κ2) is 2.73. The van der Waals surface area contributed by atoms with Crippen LogP contribution in [0.1, 0.15) is 23.1 Å². The molecule has 0 aliphatic heterocycles. The van der Waals surface area contributed by atoms with E-state index in [0.29, 0.717) is 17.4 Å². The third-order valence-electron chi connectivity index (χ3n) is 6.65. The molecule has 1 aromatic rings. The predicted octanol–water partition coefficient (Wildman–Crippen LogP) is 2.88. The van der Waals surface area contributed by atoms with E-state index in [4.69, 9.17) is 5.73 Å². The fourth-order valence-corrected chi connectivity index (χ4v) is 5.89. The van der Waals surface area contributed by atoms with Crippen molar-refractivity contribution in [2.45, 2.75) is 31.2 Å². The van der Waals surface area contributed by atoms with Gasteiger partial charge in [-0.1, -0.05) is 42.5 Å². The summed E-state index contributed by atoms with van der Waals surface area (Å²) in [6.45, 7) is 6.60. The molecule has 96 valence electrons. The molecule has 5 rings (SSSR count). The van der Waals surface area contributed by atoms with Crippen molar-refractivity contribution >= 4 is 0 Å². The Morgan fingerprint density at radius 1 is 1.37 bits per heavy atom. The van der Waals surface area contributed by atoms with Gasteiger partial charge in [0, 0.05) is 16.9 Å². The van der Waals surface area contributed by atoms with Crippen LogP contribution in [-0.4, -0.2) is 6.04 Å². The van der Waals surface area contributed by atoms with Crippen LogP contribution < -0.4 is 5.73 Å². The Morgan fingerprint density at radius 2 is 2.21 bits per heavy atom. The zero-order valence-electron chi connectivity index (χ0n) is 11.3. The van der Waals surface area contributed by atoms with Crippen molar-refractivity contribution in [3.05, 3.63) is 59.2 Å². The fraction of sp³-hybridized carbons (Fsp3) is 0.444. The minimum atomic E-state index is 0.274. The Labute approximate surface area is 114 Å². The molecule has 0 heterocycles. The predicted molar refractivity (Wildman–Crippen MR) is 76.8 cm³/mol. The van der Waals surface area contributed by atoms with E-state index in [0.717, 1.165) is 5.92 Å². The van der Waals surface area contributed by atoms with Crippen LogP contribution in [0.2, 0.25) is 0 Å². The molecule has 2 saturated carbocycles. The van der Waals surface area contributed by atoms with Gasteiger partial charge in [-0.3, -0.25) is 0 Å². The highest BCUT2D eigenvalue weighted by Crippen LogP contribution is 2.83. The van der Waals surface area contributed by atoms with Crippen LogP contribution in [-0.2, 0) is 11.8 Å². The standard InChI is InChI=1S/C18H19N/c1-10-6-7-17-14(16(17)19)9-18(17)13(10)8-12-5-3-4-11(2)15(12)18/h3-7,13-14,16H,1,8-9,19H2,2H3. The third kappa shape index (κ3) is 0.806. The van der Waals surface area contributed by atoms with E-state index in [1.807, 2.05) is 0 Å². The first-order valence-corrected chi connectivity index (χ1v) is 7.35. The minimum Gasteiger partial charge on any atom is -0.327 e. The zero-order valence-corrected chi connectivity index (χ0v) is 11.3. The minimum absolute atomic E-state index is 0.274. The van der Waals surface area contributed by atoms with Gasteiger partial charge in [0.15, 0.2) is 0 Å². The fourth-order valence-electron chi connectivity index (χ4n) is 5.89. The molecule has 1 aromatic carbocycles. The normalized spacial score (nSPS) is 47.9. The highest BCUT2D eigenvalue weighted by atomic mass is 15.0. The van der Waals surface area contributed by atoms with Gasteiger partial charge in [0.1, 0.15) is 0 Å². The maximum absolute atomic E-state index is 6.44. The molecule has 0 bridgehead atoms. The summed E-state index contributed by atoms with van der Waals surface area (Å²) in [5, 5.41) is 0. The number of benzene rings is 1. The maximum atomic E-state index is 6.44. The van der Waals surface area contributed by atoms with E-state index in [9.17, 15) is 0 Å². The Morgan fingerprint density at radius 3 is 2.95 bits per heavy atom. The van der Waals surface area contributed by atoms with Crippen LogP contribution in [0.25, 0.3) is 0 Å². The molecule has 1 heteroatoms. The summed E-state index contributed by atoms with van der Waals surface area (Å²) in [5.41, 5.74) is 13.0. The van der Waals surface area contributed by atoms with Crippen molar-refractivity contribution in [2.24, 2.45) is 23.0 Å². The Bertz CT molecular complexity index is 664. The van der Waals surface area contributed by atoms with Crippen LogP contribution in [0, 0.1) is 24.2 Å². The molecule has 5 atom stereocenters. The first kappa shape index (κ1) is 10.4. The van der Waals surface area contributed by atoms with Gasteiger partial charge in [0.25, 0.3) is 0 Å². The van der Waals surface area contributed by atoms with Crippen molar-refractivity contribution in [2.75, 3.05) is 0 Å².